The van der Waals surface area contributed by atoms with Gasteiger partial charge in [-0.25, -0.2) is 0 Å². The number of benzene rings is 1. The van der Waals surface area contributed by atoms with Gasteiger partial charge in [-0.2, -0.15) is 0 Å². The minimum atomic E-state index is 0.356. The van der Waals surface area contributed by atoms with Crippen molar-refractivity contribution in [1.29, 1.82) is 0 Å². The molecule has 1 N–H and O–H groups in total. The summed E-state index contributed by atoms with van der Waals surface area (Å²) in [7, 11) is 2.09. The highest BCUT2D eigenvalue weighted by Crippen LogP contribution is 2.47. The molecule has 1 aliphatic rings. The quantitative estimate of drug-likeness (QED) is 0.829. The summed E-state index contributed by atoms with van der Waals surface area (Å²) in [6.07, 6.45) is 6.45. The lowest BCUT2D eigenvalue weighted by molar-refractivity contribution is 0.167. The maximum Gasteiger partial charge on any atom is 0.0406 e. The van der Waals surface area contributed by atoms with Gasteiger partial charge in [0.25, 0.3) is 0 Å². The number of halogens is 1. The molecule has 1 aliphatic carbocycles. The second kappa shape index (κ2) is 5.41. The fourth-order valence-electron chi connectivity index (χ4n) is 3.16. The second-order valence-electron chi connectivity index (χ2n) is 5.15. The molecule has 1 nitrogen and oxygen atoms in total. The monoisotopic (exact) mass is 251 g/mol. The Bertz CT molecular complexity index is 354. The van der Waals surface area contributed by atoms with Gasteiger partial charge in [0, 0.05) is 16.5 Å². The van der Waals surface area contributed by atoms with Crippen LogP contribution in [0.2, 0.25) is 5.02 Å². The molecule has 1 aromatic carbocycles. The molecule has 0 heterocycles. The summed E-state index contributed by atoms with van der Waals surface area (Å²) < 4.78 is 0. The zero-order valence-corrected chi connectivity index (χ0v) is 11.6. The fourth-order valence-corrected chi connectivity index (χ4v) is 3.29. The van der Waals surface area contributed by atoms with E-state index in [1.54, 1.807) is 0 Å². The third-order valence-electron chi connectivity index (χ3n) is 4.26. The average molecular weight is 252 g/mol. The first kappa shape index (κ1) is 12.9. The minimum Gasteiger partial charge on any atom is -0.316 e. The Morgan fingerprint density at radius 3 is 2.35 bits per heavy atom. The zero-order valence-electron chi connectivity index (χ0n) is 10.8. The zero-order chi connectivity index (χ0) is 12.3. The smallest absolute Gasteiger partial charge is 0.0406 e. The molecule has 1 unspecified atom stereocenters. The van der Waals surface area contributed by atoms with E-state index in [0.717, 1.165) is 5.02 Å². The summed E-state index contributed by atoms with van der Waals surface area (Å²) >= 11 is 5.98. The molecule has 0 aliphatic heterocycles. The van der Waals surface area contributed by atoms with Crippen LogP contribution in [-0.2, 0) is 5.41 Å². The van der Waals surface area contributed by atoms with Crippen molar-refractivity contribution in [1.82, 2.24) is 5.32 Å². The van der Waals surface area contributed by atoms with Gasteiger partial charge in [0.05, 0.1) is 0 Å². The minimum absolute atomic E-state index is 0.356. The average Bonchev–Trinajstić information content (AvgIpc) is 2.29. The van der Waals surface area contributed by atoms with Gasteiger partial charge < -0.3 is 5.32 Å². The Balaban J connectivity index is 2.26. The second-order valence-corrected chi connectivity index (χ2v) is 5.58. The van der Waals surface area contributed by atoms with Gasteiger partial charge in [0.1, 0.15) is 0 Å². The van der Waals surface area contributed by atoms with Gasteiger partial charge in [-0.1, -0.05) is 43.5 Å². The van der Waals surface area contributed by atoms with Crippen molar-refractivity contribution in [3.8, 4) is 0 Å². The molecule has 0 aromatic heterocycles. The Kier molecular flexibility index (Phi) is 4.11. The molecule has 2 heteroatoms. The third-order valence-corrected chi connectivity index (χ3v) is 4.51. The van der Waals surface area contributed by atoms with E-state index in [9.17, 15) is 0 Å². The molecule has 0 radical (unpaired) electrons. The highest BCUT2D eigenvalue weighted by molar-refractivity contribution is 6.30. The van der Waals surface area contributed by atoms with Crippen molar-refractivity contribution in [2.45, 2.75) is 50.5 Å². The third kappa shape index (κ3) is 2.36. The number of nitrogens with one attached hydrogen (secondary N) is 1. The largest absolute Gasteiger partial charge is 0.316 e. The maximum absolute atomic E-state index is 5.98. The van der Waals surface area contributed by atoms with Crippen LogP contribution in [0.15, 0.2) is 24.3 Å². The number of likely N-dealkylation sites (N-methyl/N-ethyl adjacent to an activating group) is 1. The molecule has 94 valence electrons. The van der Waals surface area contributed by atoms with E-state index in [-0.39, 0.29) is 0 Å². The van der Waals surface area contributed by atoms with E-state index in [4.69, 9.17) is 11.6 Å². The van der Waals surface area contributed by atoms with Crippen molar-refractivity contribution in [3.05, 3.63) is 34.9 Å². The number of hydrogen-bond acceptors (Lipinski definition) is 1. The molecule has 0 saturated heterocycles. The van der Waals surface area contributed by atoms with Crippen LogP contribution in [0.3, 0.4) is 0 Å². The Morgan fingerprint density at radius 2 is 1.94 bits per heavy atom. The molecule has 1 aromatic rings. The Hall–Kier alpha value is -0.530. The van der Waals surface area contributed by atoms with Gasteiger partial charge >= 0.3 is 0 Å². The van der Waals surface area contributed by atoms with Crippen LogP contribution in [0.4, 0.5) is 0 Å². The topological polar surface area (TPSA) is 12.0 Å². The van der Waals surface area contributed by atoms with Gasteiger partial charge in [0.2, 0.25) is 0 Å². The molecule has 17 heavy (non-hydrogen) atoms. The normalized spacial score (nSPS) is 19.7. The molecule has 0 spiro atoms. The van der Waals surface area contributed by atoms with Gasteiger partial charge in [-0.05, 0) is 44.0 Å². The molecular weight excluding hydrogens is 230 g/mol. The molecule has 0 bridgehead atoms. The van der Waals surface area contributed by atoms with Crippen LogP contribution in [0.25, 0.3) is 0 Å². The van der Waals surface area contributed by atoms with Crippen LogP contribution in [0, 0.1) is 0 Å². The highest BCUT2D eigenvalue weighted by atomic mass is 35.5. The summed E-state index contributed by atoms with van der Waals surface area (Å²) in [6.45, 7) is 2.26. The Labute approximate surface area is 110 Å². The standard InChI is InChI=1S/C15H22ClN/c1-3-5-14(17-2)15(10-4-11-15)12-6-8-13(16)9-7-12/h6-9,14,17H,3-5,10-11H2,1-2H3. The van der Waals surface area contributed by atoms with Crippen molar-refractivity contribution in [2.75, 3.05) is 7.05 Å². The first-order valence-electron chi connectivity index (χ1n) is 6.66. The molecule has 2 rings (SSSR count). The van der Waals surface area contributed by atoms with Crippen LogP contribution in [0.5, 0.6) is 0 Å². The van der Waals surface area contributed by atoms with E-state index in [0.29, 0.717) is 11.5 Å². The SMILES string of the molecule is CCCC(NC)C1(c2ccc(Cl)cc2)CCC1. The first-order valence-corrected chi connectivity index (χ1v) is 7.04. The molecule has 1 fully saturated rings. The lowest BCUT2D eigenvalue weighted by atomic mass is 9.59. The first-order chi connectivity index (χ1) is 8.23. The molecule has 0 amide bonds. The van der Waals surface area contributed by atoms with Crippen molar-refractivity contribution < 1.29 is 0 Å². The predicted octanol–water partition coefficient (Wildman–Crippen LogP) is 4.15. The lowest BCUT2D eigenvalue weighted by Crippen LogP contribution is -2.51. The maximum atomic E-state index is 5.98. The van der Waals surface area contributed by atoms with Crippen LogP contribution in [-0.4, -0.2) is 13.1 Å². The summed E-state index contributed by atoms with van der Waals surface area (Å²) in [5, 5.41) is 4.36. The van der Waals surface area contributed by atoms with Crippen LogP contribution >= 0.6 is 11.6 Å². The van der Waals surface area contributed by atoms with Gasteiger partial charge in [0.15, 0.2) is 0 Å². The molecular formula is C15H22ClN. The molecule has 1 atom stereocenters. The highest BCUT2D eigenvalue weighted by Gasteiger charge is 2.44. The van der Waals surface area contributed by atoms with E-state index in [1.165, 1.54) is 37.7 Å². The van der Waals surface area contributed by atoms with Crippen LogP contribution in [0.1, 0.15) is 44.6 Å². The van der Waals surface area contributed by atoms with Gasteiger partial charge in [-0.3, -0.25) is 0 Å². The van der Waals surface area contributed by atoms with Crippen molar-refractivity contribution in [3.63, 3.8) is 0 Å². The van der Waals surface area contributed by atoms with E-state index in [1.807, 2.05) is 12.1 Å². The number of rotatable bonds is 5. The number of hydrogen-bond donors (Lipinski definition) is 1. The predicted molar refractivity (Wildman–Crippen MR) is 74.7 cm³/mol. The summed E-state index contributed by atoms with van der Waals surface area (Å²) in [5.41, 5.74) is 1.82. The van der Waals surface area contributed by atoms with Crippen LogP contribution < -0.4 is 5.32 Å². The molecule has 1 saturated carbocycles. The van der Waals surface area contributed by atoms with Crippen molar-refractivity contribution >= 4 is 11.6 Å². The van der Waals surface area contributed by atoms with Gasteiger partial charge in [-0.15, -0.1) is 0 Å². The fraction of sp³-hybridized carbons (Fsp3) is 0.600. The van der Waals surface area contributed by atoms with E-state index >= 15 is 0 Å². The van der Waals surface area contributed by atoms with Crippen molar-refractivity contribution in [2.24, 2.45) is 0 Å². The summed E-state index contributed by atoms with van der Waals surface area (Å²) in [4.78, 5) is 0. The Morgan fingerprint density at radius 1 is 1.29 bits per heavy atom. The van der Waals surface area contributed by atoms with E-state index in [2.05, 4.69) is 31.4 Å². The lowest BCUT2D eigenvalue weighted by Gasteiger charge is -2.48. The summed E-state index contributed by atoms with van der Waals surface area (Å²) in [6, 6.07) is 9.07. The van der Waals surface area contributed by atoms with E-state index < -0.39 is 0 Å². The summed E-state index contributed by atoms with van der Waals surface area (Å²) in [5.74, 6) is 0.